The first-order valence-corrected chi connectivity index (χ1v) is 7.90. The van der Waals surface area contributed by atoms with Crippen LogP contribution in [0.5, 0.6) is 5.75 Å². The molecule has 0 radical (unpaired) electrons. The third-order valence-electron chi connectivity index (χ3n) is 4.33. The molecule has 1 aliphatic carbocycles. The van der Waals surface area contributed by atoms with Gasteiger partial charge in [0.25, 0.3) is 0 Å². The van der Waals surface area contributed by atoms with Gasteiger partial charge in [-0.3, -0.25) is 4.79 Å². The first-order valence-electron chi connectivity index (χ1n) is 7.90. The van der Waals surface area contributed by atoms with E-state index in [2.05, 4.69) is 5.32 Å². The SMILES string of the molecule is CCOc1ccc(NC(=O)CC2(CN)CCCCC2)cc1.Cl. The number of hydrogen-bond donors (Lipinski definition) is 2. The molecule has 0 bridgehead atoms. The van der Waals surface area contributed by atoms with E-state index in [1.165, 1.54) is 19.3 Å². The van der Waals surface area contributed by atoms with Crippen LogP contribution in [-0.2, 0) is 4.79 Å². The van der Waals surface area contributed by atoms with Gasteiger partial charge in [-0.2, -0.15) is 0 Å². The number of nitrogens with one attached hydrogen (secondary N) is 1. The van der Waals surface area contributed by atoms with Crippen molar-refractivity contribution in [1.29, 1.82) is 0 Å². The summed E-state index contributed by atoms with van der Waals surface area (Å²) in [6, 6.07) is 7.49. The van der Waals surface area contributed by atoms with Crippen molar-refractivity contribution in [3.8, 4) is 5.75 Å². The Labute approximate surface area is 139 Å². The number of amides is 1. The monoisotopic (exact) mass is 326 g/mol. The fourth-order valence-electron chi connectivity index (χ4n) is 3.10. The molecular weight excluding hydrogens is 300 g/mol. The summed E-state index contributed by atoms with van der Waals surface area (Å²) in [6.07, 6.45) is 6.31. The average Bonchev–Trinajstić information content (AvgIpc) is 2.50. The minimum atomic E-state index is 0. The number of nitrogens with two attached hydrogens (primary N) is 1. The van der Waals surface area contributed by atoms with Crippen LogP contribution in [0.3, 0.4) is 0 Å². The third kappa shape index (κ3) is 5.18. The van der Waals surface area contributed by atoms with E-state index < -0.39 is 0 Å². The number of anilines is 1. The van der Waals surface area contributed by atoms with Crippen LogP contribution >= 0.6 is 12.4 Å². The number of hydrogen-bond acceptors (Lipinski definition) is 3. The van der Waals surface area contributed by atoms with Gasteiger partial charge in [-0.25, -0.2) is 0 Å². The number of benzene rings is 1. The van der Waals surface area contributed by atoms with Crippen molar-refractivity contribution < 1.29 is 9.53 Å². The molecule has 0 spiro atoms. The van der Waals surface area contributed by atoms with E-state index in [1.807, 2.05) is 31.2 Å². The number of carbonyl (C=O) groups is 1. The molecule has 1 aromatic rings. The third-order valence-corrected chi connectivity index (χ3v) is 4.33. The maximum Gasteiger partial charge on any atom is 0.224 e. The molecule has 1 fully saturated rings. The van der Waals surface area contributed by atoms with Gasteiger partial charge in [-0.1, -0.05) is 19.3 Å². The lowest BCUT2D eigenvalue weighted by atomic mass is 9.71. The summed E-state index contributed by atoms with van der Waals surface area (Å²) in [5.74, 6) is 0.882. The number of carbonyl (C=O) groups excluding carboxylic acids is 1. The molecule has 0 saturated heterocycles. The normalized spacial score (nSPS) is 16.5. The van der Waals surface area contributed by atoms with Crippen molar-refractivity contribution in [3.05, 3.63) is 24.3 Å². The quantitative estimate of drug-likeness (QED) is 0.836. The second-order valence-corrected chi connectivity index (χ2v) is 5.95. The highest BCUT2D eigenvalue weighted by atomic mass is 35.5. The zero-order valence-corrected chi connectivity index (χ0v) is 14.1. The first kappa shape index (κ1) is 18.8. The Balaban J connectivity index is 0.00000242. The lowest BCUT2D eigenvalue weighted by molar-refractivity contribution is -0.118. The lowest BCUT2D eigenvalue weighted by Crippen LogP contribution is -2.36. The van der Waals surface area contributed by atoms with Gasteiger partial charge < -0.3 is 15.8 Å². The van der Waals surface area contributed by atoms with Crippen LogP contribution < -0.4 is 15.8 Å². The zero-order valence-electron chi connectivity index (χ0n) is 13.3. The maximum absolute atomic E-state index is 12.3. The van der Waals surface area contributed by atoms with Gasteiger partial charge in [0, 0.05) is 12.1 Å². The van der Waals surface area contributed by atoms with Gasteiger partial charge in [0.05, 0.1) is 6.61 Å². The number of halogens is 1. The van der Waals surface area contributed by atoms with Crippen LogP contribution in [0.25, 0.3) is 0 Å². The van der Waals surface area contributed by atoms with Crippen molar-refractivity contribution in [2.45, 2.75) is 45.4 Å². The van der Waals surface area contributed by atoms with Crippen molar-refractivity contribution in [2.75, 3.05) is 18.5 Å². The highest BCUT2D eigenvalue weighted by Crippen LogP contribution is 2.38. The van der Waals surface area contributed by atoms with Crippen LogP contribution in [-0.4, -0.2) is 19.1 Å². The second-order valence-electron chi connectivity index (χ2n) is 5.95. The smallest absolute Gasteiger partial charge is 0.224 e. The molecule has 1 saturated carbocycles. The first-order chi connectivity index (χ1) is 10.2. The second kappa shape index (κ2) is 9.01. The minimum absolute atomic E-state index is 0. The van der Waals surface area contributed by atoms with Gasteiger partial charge in [0.2, 0.25) is 5.91 Å². The Morgan fingerprint density at radius 3 is 2.41 bits per heavy atom. The average molecular weight is 327 g/mol. The minimum Gasteiger partial charge on any atom is -0.494 e. The summed E-state index contributed by atoms with van der Waals surface area (Å²) < 4.78 is 5.39. The van der Waals surface area contributed by atoms with Crippen LogP contribution in [0.1, 0.15) is 45.4 Å². The summed E-state index contributed by atoms with van der Waals surface area (Å²) in [5.41, 5.74) is 6.76. The standard InChI is InChI=1S/C17H26N2O2.ClH/c1-2-21-15-8-6-14(7-9-15)19-16(20)12-17(13-18)10-4-3-5-11-17;/h6-9H,2-5,10-13,18H2,1H3,(H,19,20);1H. The molecule has 3 N–H and O–H groups in total. The van der Waals surface area contributed by atoms with Gasteiger partial charge in [-0.05, 0) is 56.0 Å². The lowest BCUT2D eigenvalue weighted by Gasteiger charge is -2.35. The predicted octanol–water partition coefficient (Wildman–Crippen LogP) is 3.74. The molecule has 0 unspecified atom stereocenters. The fraction of sp³-hybridized carbons (Fsp3) is 0.588. The summed E-state index contributed by atoms with van der Waals surface area (Å²) in [7, 11) is 0. The Hall–Kier alpha value is -1.26. The Kier molecular flexibility index (Phi) is 7.69. The molecule has 0 aliphatic heterocycles. The van der Waals surface area contributed by atoms with Gasteiger partial charge >= 0.3 is 0 Å². The molecule has 22 heavy (non-hydrogen) atoms. The van der Waals surface area contributed by atoms with E-state index in [0.29, 0.717) is 19.6 Å². The van der Waals surface area contributed by atoms with Crippen molar-refractivity contribution in [2.24, 2.45) is 11.1 Å². The highest BCUT2D eigenvalue weighted by molar-refractivity contribution is 5.91. The summed E-state index contributed by atoms with van der Waals surface area (Å²) in [5, 5.41) is 2.97. The molecule has 0 heterocycles. The molecule has 1 amide bonds. The number of ether oxygens (including phenoxy) is 1. The molecule has 5 heteroatoms. The van der Waals surface area contributed by atoms with E-state index >= 15 is 0 Å². The summed E-state index contributed by atoms with van der Waals surface area (Å²) >= 11 is 0. The largest absolute Gasteiger partial charge is 0.494 e. The summed E-state index contributed by atoms with van der Waals surface area (Å²) in [6.45, 7) is 3.19. The van der Waals surface area contributed by atoms with Crippen LogP contribution in [0.15, 0.2) is 24.3 Å². The van der Waals surface area contributed by atoms with E-state index in [1.54, 1.807) is 0 Å². The molecule has 2 rings (SSSR count). The van der Waals surface area contributed by atoms with Gasteiger partial charge in [-0.15, -0.1) is 12.4 Å². The van der Waals surface area contributed by atoms with Crippen molar-refractivity contribution >= 4 is 24.0 Å². The van der Waals surface area contributed by atoms with E-state index in [-0.39, 0.29) is 23.7 Å². The van der Waals surface area contributed by atoms with Crippen molar-refractivity contribution in [3.63, 3.8) is 0 Å². The van der Waals surface area contributed by atoms with Crippen LogP contribution in [0.4, 0.5) is 5.69 Å². The van der Waals surface area contributed by atoms with E-state index in [4.69, 9.17) is 10.5 Å². The molecule has 0 aromatic heterocycles. The molecule has 4 nitrogen and oxygen atoms in total. The summed E-state index contributed by atoms with van der Waals surface area (Å²) in [4.78, 5) is 12.3. The van der Waals surface area contributed by atoms with Crippen LogP contribution in [0.2, 0.25) is 0 Å². The predicted molar refractivity (Wildman–Crippen MR) is 92.7 cm³/mol. The highest BCUT2D eigenvalue weighted by Gasteiger charge is 2.32. The Morgan fingerprint density at radius 2 is 1.86 bits per heavy atom. The Morgan fingerprint density at radius 1 is 1.23 bits per heavy atom. The molecule has 0 atom stereocenters. The van der Waals surface area contributed by atoms with Gasteiger partial charge in [0.15, 0.2) is 0 Å². The van der Waals surface area contributed by atoms with E-state index in [0.717, 1.165) is 24.3 Å². The van der Waals surface area contributed by atoms with Crippen molar-refractivity contribution in [1.82, 2.24) is 0 Å². The zero-order chi connectivity index (χ0) is 15.1. The molecular formula is C17H27ClN2O2. The Bertz CT molecular complexity index is 456. The molecule has 1 aliphatic rings. The van der Waals surface area contributed by atoms with Gasteiger partial charge in [0.1, 0.15) is 5.75 Å². The topological polar surface area (TPSA) is 64.3 Å². The molecule has 124 valence electrons. The van der Waals surface area contributed by atoms with Crippen LogP contribution in [0, 0.1) is 5.41 Å². The van der Waals surface area contributed by atoms with E-state index in [9.17, 15) is 4.79 Å². The number of rotatable bonds is 6. The fourth-order valence-corrected chi connectivity index (χ4v) is 3.10. The molecule has 1 aromatic carbocycles. The maximum atomic E-state index is 12.3.